The summed E-state index contributed by atoms with van der Waals surface area (Å²) in [5.74, 6) is 0. The third-order valence-electron chi connectivity index (χ3n) is 15.8. The van der Waals surface area contributed by atoms with Gasteiger partial charge < -0.3 is 0 Å². The summed E-state index contributed by atoms with van der Waals surface area (Å²) in [5.41, 5.74) is 28.0. The zero-order chi connectivity index (χ0) is 47.1. The molecule has 2 fully saturated rings. The standard InChI is InChI=1S/C36H44B.C26H43P/c1-21-13-25(5)33(26(6)14-21)37(34-27(7)15-22(2)16-28(34)8,35-29(9)17-23(3)18-30(35)10)36-31(11)19-24(4)20-32(36)12;1-25(2,3)20-17-21(26(4,5)6)19-24(18-20)27(22-13-9-7-10-14-22)23-15-11-8-12-16-23/h13-20H,1-12H3;17-19,22-23H,7-16H2,1-6H3/q-1;/p+1. The van der Waals surface area contributed by atoms with E-state index in [0.29, 0.717) is 0 Å². The molecule has 0 saturated heterocycles. The summed E-state index contributed by atoms with van der Waals surface area (Å²) in [7, 11) is -0.487. The molecule has 344 valence electrons. The molecule has 0 radical (unpaired) electrons. The summed E-state index contributed by atoms with van der Waals surface area (Å²) in [4.78, 5) is 0. The molecule has 7 rings (SSSR count). The van der Waals surface area contributed by atoms with Crippen LogP contribution >= 0.6 is 7.92 Å². The van der Waals surface area contributed by atoms with E-state index in [1.54, 1.807) is 16.4 Å². The van der Waals surface area contributed by atoms with Crippen molar-refractivity contribution in [2.45, 2.75) is 211 Å². The molecule has 2 aliphatic carbocycles. The molecule has 0 aliphatic heterocycles. The summed E-state index contributed by atoms with van der Waals surface area (Å²) in [6.45, 7) is 42.0. The van der Waals surface area contributed by atoms with E-state index in [9.17, 15) is 0 Å². The second kappa shape index (κ2) is 19.8. The Morgan fingerprint density at radius 2 is 0.578 bits per heavy atom. The monoisotopic (exact) mass is 875 g/mol. The molecular weight excluding hydrogens is 786 g/mol. The van der Waals surface area contributed by atoms with Crippen LogP contribution in [0.4, 0.5) is 0 Å². The highest BCUT2D eigenvalue weighted by atomic mass is 31.1. The van der Waals surface area contributed by atoms with Crippen molar-refractivity contribution in [3.8, 4) is 0 Å². The maximum absolute atomic E-state index is 2.66. The maximum atomic E-state index is 2.66. The molecule has 2 saturated carbocycles. The molecule has 0 N–H and O–H groups in total. The van der Waals surface area contributed by atoms with Crippen LogP contribution in [0.2, 0.25) is 0 Å². The molecule has 5 aromatic rings. The van der Waals surface area contributed by atoms with Gasteiger partial charge in [0, 0.05) is 7.92 Å². The van der Waals surface area contributed by atoms with E-state index in [1.807, 2.05) is 0 Å². The van der Waals surface area contributed by atoms with Crippen molar-refractivity contribution in [1.82, 2.24) is 0 Å². The summed E-state index contributed by atoms with van der Waals surface area (Å²) < 4.78 is 0. The van der Waals surface area contributed by atoms with Gasteiger partial charge in [0.2, 0.25) is 0 Å². The highest BCUT2D eigenvalue weighted by Crippen LogP contribution is 2.55. The second-order valence-corrected chi connectivity index (χ2v) is 26.7. The lowest BCUT2D eigenvalue weighted by atomic mass is 9.10. The molecule has 5 aromatic carbocycles. The largest absolute Gasteiger partial charge is 0.189 e. The zero-order valence-corrected chi connectivity index (χ0v) is 45.2. The fraction of sp³-hybridized carbons (Fsp3) is 0.516. The number of hydrogen-bond donors (Lipinski definition) is 0. The first-order chi connectivity index (χ1) is 29.9. The lowest BCUT2D eigenvalue weighted by molar-refractivity contribution is 0.487. The number of aryl methyl sites for hydroxylation is 12. The Hall–Kier alpha value is -3.41. The van der Waals surface area contributed by atoms with Crippen LogP contribution in [0.3, 0.4) is 0 Å². The molecule has 0 spiro atoms. The van der Waals surface area contributed by atoms with Crippen molar-refractivity contribution in [1.29, 1.82) is 0 Å². The Morgan fingerprint density at radius 3 is 0.797 bits per heavy atom. The molecule has 0 nitrogen and oxygen atoms in total. The summed E-state index contributed by atoms with van der Waals surface area (Å²) in [5, 5.41) is 1.79. The van der Waals surface area contributed by atoms with Gasteiger partial charge in [-0.1, -0.05) is 176 Å². The first-order valence-corrected chi connectivity index (χ1v) is 27.1. The number of hydrogen-bond acceptors (Lipinski definition) is 0. The van der Waals surface area contributed by atoms with E-state index in [2.05, 4.69) is 191 Å². The molecule has 0 heterocycles. The van der Waals surface area contributed by atoms with Gasteiger partial charge in [0.25, 0.3) is 0 Å². The number of benzene rings is 5. The van der Waals surface area contributed by atoms with E-state index in [4.69, 9.17) is 0 Å². The minimum Gasteiger partial charge on any atom is -0.189 e. The molecule has 2 aliphatic rings. The van der Waals surface area contributed by atoms with Crippen molar-refractivity contribution in [2.75, 3.05) is 0 Å². The van der Waals surface area contributed by atoms with Gasteiger partial charge in [0.1, 0.15) is 6.15 Å². The highest BCUT2D eigenvalue weighted by Gasteiger charge is 2.41. The molecule has 0 amide bonds. The Balaban J connectivity index is 0.000000223. The lowest BCUT2D eigenvalue weighted by Gasteiger charge is -2.51. The predicted molar refractivity (Wildman–Crippen MR) is 292 cm³/mol. The van der Waals surface area contributed by atoms with E-state index >= 15 is 0 Å². The SMILES string of the molecule is CC(C)(C)c1cc([PH+](C2CCCCC2)C2CCCCC2)cc(C(C)(C)C)c1.Cc1cc(C)c([B-](c2c(C)cc(C)cc2C)(c2c(C)cc(C)cc2C)c2c(C)cc(C)cc2C)c(C)c1. The van der Waals surface area contributed by atoms with Crippen LogP contribution in [0.15, 0.2) is 66.7 Å². The van der Waals surface area contributed by atoms with E-state index in [-0.39, 0.29) is 10.8 Å². The van der Waals surface area contributed by atoms with Crippen molar-refractivity contribution in [3.63, 3.8) is 0 Å². The minimum atomic E-state index is -1.48. The van der Waals surface area contributed by atoms with Crippen LogP contribution in [0, 0.1) is 83.1 Å². The van der Waals surface area contributed by atoms with Crippen molar-refractivity contribution < 1.29 is 0 Å². The summed E-state index contributed by atoms with van der Waals surface area (Å²) in [6, 6.07) is 27.0. The fourth-order valence-corrected chi connectivity index (χ4v) is 18.0. The van der Waals surface area contributed by atoms with Crippen LogP contribution in [0.1, 0.15) is 184 Å². The average molecular weight is 875 g/mol. The van der Waals surface area contributed by atoms with E-state index in [1.165, 1.54) is 153 Å². The predicted octanol–water partition coefficient (Wildman–Crippen LogP) is 14.6. The Kier molecular flexibility index (Phi) is 15.5. The van der Waals surface area contributed by atoms with Gasteiger partial charge in [-0.3, -0.25) is 0 Å². The topological polar surface area (TPSA) is 0 Å². The van der Waals surface area contributed by atoms with Crippen LogP contribution in [0.25, 0.3) is 0 Å². The van der Waals surface area contributed by atoms with Gasteiger partial charge >= 0.3 is 0 Å². The molecule has 0 bridgehead atoms. The van der Waals surface area contributed by atoms with Gasteiger partial charge in [-0.15, -0.1) is 0 Å². The van der Waals surface area contributed by atoms with Gasteiger partial charge in [-0.05, 0) is 169 Å². The third-order valence-corrected chi connectivity index (χ3v) is 19.6. The van der Waals surface area contributed by atoms with Crippen LogP contribution in [-0.2, 0) is 10.8 Å². The van der Waals surface area contributed by atoms with Crippen molar-refractivity contribution in [3.05, 3.63) is 145 Å². The first-order valence-electron chi connectivity index (χ1n) is 25.5. The molecule has 0 unspecified atom stereocenters. The van der Waals surface area contributed by atoms with Crippen LogP contribution in [-0.4, -0.2) is 17.5 Å². The molecule has 0 aromatic heterocycles. The zero-order valence-electron chi connectivity index (χ0n) is 44.2. The minimum absolute atomic E-state index is 0.238. The van der Waals surface area contributed by atoms with Gasteiger partial charge in [-0.2, -0.15) is 21.9 Å². The molecule has 64 heavy (non-hydrogen) atoms. The smallest absolute Gasteiger partial charge is 0.110 e. The molecular formula is C62H88BP. The van der Waals surface area contributed by atoms with E-state index in [0.717, 1.165) is 11.3 Å². The summed E-state index contributed by atoms with van der Waals surface area (Å²) in [6.07, 6.45) is 13.4. The van der Waals surface area contributed by atoms with Crippen molar-refractivity contribution in [2.24, 2.45) is 0 Å². The second-order valence-electron chi connectivity index (χ2n) is 23.5. The molecule has 0 atom stereocenters. The first kappa shape index (κ1) is 50.0. The Labute approximate surface area is 394 Å². The highest BCUT2D eigenvalue weighted by molar-refractivity contribution is 7.67. The molecule has 2 heteroatoms. The number of rotatable bonds is 7. The van der Waals surface area contributed by atoms with Crippen LogP contribution in [0.5, 0.6) is 0 Å². The van der Waals surface area contributed by atoms with Gasteiger partial charge in [-0.25, -0.2) is 0 Å². The normalized spacial score (nSPS) is 15.7. The average Bonchev–Trinajstić information content (AvgIpc) is 3.17. The van der Waals surface area contributed by atoms with Crippen LogP contribution < -0.4 is 27.2 Å². The third kappa shape index (κ3) is 10.4. The van der Waals surface area contributed by atoms with Gasteiger partial charge in [0.15, 0.2) is 0 Å². The van der Waals surface area contributed by atoms with Gasteiger partial charge in [0.05, 0.1) is 16.6 Å². The quantitative estimate of drug-likeness (QED) is 0.113. The Morgan fingerprint density at radius 1 is 0.344 bits per heavy atom. The fourth-order valence-electron chi connectivity index (χ4n) is 13.7. The summed E-state index contributed by atoms with van der Waals surface area (Å²) >= 11 is 0. The lowest BCUT2D eigenvalue weighted by Crippen LogP contribution is -2.78. The maximum Gasteiger partial charge on any atom is 0.110 e. The Bertz CT molecular complexity index is 2070. The van der Waals surface area contributed by atoms with E-state index < -0.39 is 14.1 Å². The van der Waals surface area contributed by atoms with Crippen molar-refractivity contribution >= 4 is 41.2 Å².